The SMILES string of the molecule is Cc1cc(C(=O)Nc2cccc(C(NCc3ccncc3)c3ccccc3)c2)n(-c2cccc(CN)c2)n1. The molecular formula is C31H30N6O. The zero-order valence-electron chi connectivity index (χ0n) is 21.2. The summed E-state index contributed by atoms with van der Waals surface area (Å²) in [4.78, 5) is 17.5. The topological polar surface area (TPSA) is 97.9 Å². The highest BCUT2D eigenvalue weighted by Gasteiger charge is 2.18. The van der Waals surface area contributed by atoms with Gasteiger partial charge in [-0.05, 0) is 71.6 Å². The normalized spacial score (nSPS) is 11.7. The molecule has 0 aliphatic rings. The number of nitrogens with two attached hydrogens (primary N) is 1. The van der Waals surface area contributed by atoms with Crippen LogP contribution in [0.1, 0.15) is 44.5 Å². The summed E-state index contributed by atoms with van der Waals surface area (Å²) in [5.74, 6) is -0.234. The van der Waals surface area contributed by atoms with Gasteiger partial charge in [-0.3, -0.25) is 9.78 Å². The second-order valence-electron chi connectivity index (χ2n) is 9.12. The van der Waals surface area contributed by atoms with E-state index in [2.05, 4.69) is 38.9 Å². The standard InChI is InChI=1S/C31H30N6O/c1-22-17-29(37(36-22)28-12-5-7-24(18-28)20-32)31(38)35-27-11-6-10-26(19-27)30(25-8-3-2-4-9-25)34-21-23-13-15-33-16-14-23/h2-19,30,34H,20-21,32H2,1H3,(H,35,38). The molecule has 0 bridgehead atoms. The number of nitrogens with one attached hydrogen (secondary N) is 2. The van der Waals surface area contributed by atoms with Crippen LogP contribution >= 0.6 is 0 Å². The number of benzene rings is 3. The van der Waals surface area contributed by atoms with Crippen molar-refractivity contribution in [2.75, 3.05) is 5.32 Å². The van der Waals surface area contributed by atoms with Crippen molar-refractivity contribution in [3.63, 3.8) is 0 Å². The molecule has 1 unspecified atom stereocenters. The summed E-state index contributed by atoms with van der Waals surface area (Å²) >= 11 is 0. The Balaban J connectivity index is 1.40. The van der Waals surface area contributed by atoms with Crippen LogP contribution in [0.4, 0.5) is 5.69 Å². The smallest absolute Gasteiger partial charge is 0.274 e. The molecular weight excluding hydrogens is 472 g/mol. The third kappa shape index (κ3) is 5.86. The molecule has 0 saturated heterocycles. The minimum atomic E-state index is -0.234. The predicted molar refractivity (Wildman–Crippen MR) is 150 cm³/mol. The first kappa shape index (κ1) is 25.1. The van der Waals surface area contributed by atoms with Gasteiger partial charge in [-0.25, -0.2) is 4.68 Å². The molecule has 5 aromatic rings. The van der Waals surface area contributed by atoms with Crippen LogP contribution in [0.15, 0.2) is 109 Å². The number of carbonyl (C=O) groups excluding carboxylic acids is 1. The molecule has 38 heavy (non-hydrogen) atoms. The molecule has 4 N–H and O–H groups in total. The minimum absolute atomic E-state index is 0.0620. The lowest BCUT2D eigenvalue weighted by molar-refractivity contribution is 0.101. The number of anilines is 1. The van der Waals surface area contributed by atoms with Gasteiger partial charge >= 0.3 is 0 Å². The second-order valence-corrected chi connectivity index (χ2v) is 9.12. The van der Waals surface area contributed by atoms with Crippen LogP contribution in [-0.2, 0) is 13.1 Å². The van der Waals surface area contributed by atoms with Crippen LogP contribution < -0.4 is 16.4 Å². The van der Waals surface area contributed by atoms with Crippen molar-refractivity contribution in [3.8, 4) is 5.69 Å². The summed E-state index contributed by atoms with van der Waals surface area (Å²) < 4.78 is 1.66. The van der Waals surface area contributed by atoms with Crippen LogP contribution in [0.2, 0.25) is 0 Å². The number of aromatic nitrogens is 3. The third-order valence-corrected chi connectivity index (χ3v) is 6.33. The molecule has 1 amide bonds. The predicted octanol–water partition coefficient (Wildman–Crippen LogP) is 5.17. The van der Waals surface area contributed by atoms with Gasteiger partial charge in [-0.1, -0.05) is 54.6 Å². The zero-order valence-corrected chi connectivity index (χ0v) is 21.2. The number of nitrogens with zero attached hydrogens (tertiary/aromatic N) is 3. The molecule has 0 aliphatic carbocycles. The first-order chi connectivity index (χ1) is 18.6. The van der Waals surface area contributed by atoms with E-state index in [4.69, 9.17) is 5.73 Å². The fraction of sp³-hybridized carbons (Fsp3) is 0.129. The molecule has 1 atom stereocenters. The van der Waals surface area contributed by atoms with Crippen molar-refractivity contribution in [2.45, 2.75) is 26.1 Å². The van der Waals surface area contributed by atoms with E-state index in [0.717, 1.165) is 33.6 Å². The molecule has 7 nitrogen and oxygen atoms in total. The molecule has 2 aromatic heterocycles. The number of aryl methyl sites for hydroxylation is 1. The van der Waals surface area contributed by atoms with E-state index in [-0.39, 0.29) is 11.9 Å². The molecule has 5 rings (SSSR count). The van der Waals surface area contributed by atoms with Crippen molar-refractivity contribution in [1.29, 1.82) is 0 Å². The van der Waals surface area contributed by atoms with Crippen molar-refractivity contribution in [2.24, 2.45) is 5.73 Å². The summed E-state index contributed by atoms with van der Waals surface area (Å²) in [5, 5.41) is 11.3. The van der Waals surface area contributed by atoms with Gasteiger partial charge in [0.05, 0.1) is 17.4 Å². The summed E-state index contributed by atoms with van der Waals surface area (Å²) in [7, 11) is 0. The summed E-state index contributed by atoms with van der Waals surface area (Å²) in [6.45, 7) is 2.97. The number of hydrogen-bond acceptors (Lipinski definition) is 5. The van der Waals surface area contributed by atoms with Crippen molar-refractivity contribution in [1.82, 2.24) is 20.1 Å². The van der Waals surface area contributed by atoms with Gasteiger partial charge in [0.1, 0.15) is 5.69 Å². The molecule has 0 spiro atoms. The molecule has 0 aliphatic heterocycles. The molecule has 3 aromatic carbocycles. The van der Waals surface area contributed by atoms with Gasteiger partial charge in [0, 0.05) is 31.2 Å². The summed E-state index contributed by atoms with van der Waals surface area (Å²) in [5.41, 5.74) is 12.8. The highest BCUT2D eigenvalue weighted by Crippen LogP contribution is 2.25. The van der Waals surface area contributed by atoms with Crippen molar-refractivity contribution in [3.05, 3.63) is 143 Å². The van der Waals surface area contributed by atoms with Gasteiger partial charge in [-0.15, -0.1) is 0 Å². The quantitative estimate of drug-likeness (QED) is 0.258. The van der Waals surface area contributed by atoms with Crippen molar-refractivity contribution < 1.29 is 4.79 Å². The highest BCUT2D eigenvalue weighted by molar-refractivity contribution is 6.03. The lowest BCUT2D eigenvalue weighted by atomic mass is 9.98. The fourth-order valence-electron chi connectivity index (χ4n) is 4.46. The zero-order chi connectivity index (χ0) is 26.3. The molecule has 0 saturated carbocycles. The van der Waals surface area contributed by atoms with Crippen LogP contribution in [0, 0.1) is 6.92 Å². The maximum atomic E-state index is 13.4. The Kier molecular flexibility index (Phi) is 7.68. The second kappa shape index (κ2) is 11.6. The van der Waals surface area contributed by atoms with Crippen molar-refractivity contribution >= 4 is 11.6 Å². The Labute approximate surface area is 222 Å². The number of amides is 1. The third-order valence-electron chi connectivity index (χ3n) is 6.33. The number of rotatable bonds is 9. The first-order valence-electron chi connectivity index (χ1n) is 12.6. The van der Waals surface area contributed by atoms with E-state index in [9.17, 15) is 4.79 Å². The van der Waals surface area contributed by atoms with E-state index in [0.29, 0.717) is 24.5 Å². The molecule has 2 heterocycles. The van der Waals surface area contributed by atoms with E-state index in [1.54, 1.807) is 23.1 Å². The highest BCUT2D eigenvalue weighted by atomic mass is 16.2. The van der Waals surface area contributed by atoms with Gasteiger partial charge < -0.3 is 16.4 Å². The van der Waals surface area contributed by atoms with E-state index >= 15 is 0 Å². The lowest BCUT2D eigenvalue weighted by Gasteiger charge is -2.21. The Hall–Kier alpha value is -4.59. The Morgan fingerprint density at radius 1 is 0.868 bits per heavy atom. The number of hydrogen-bond donors (Lipinski definition) is 3. The van der Waals surface area contributed by atoms with E-state index < -0.39 is 0 Å². The summed E-state index contributed by atoms with van der Waals surface area (Å²) in [6, 6.07) is 31.7. The lowest BCUT2D eigenvalue weighted by Crippen LogP contribution is -2.22. The minimum Gasteiger partial charge on any atom is -0.326 e. The Morgan fingerprint density at radius 2 is 1.63 bits per heavy atom. The Bertz CT molecular complexity index is 1510. The molecule has 0 radical (unpaired) electrons. The Morgan fingerprint density at radius 3 is 2.42 bits per heavy atom. The number of pyridine rings is 1. The molecule has 190 valence electrons. The van der Waals surface area contributed by atoms with Gasteiger partial charge in [0.15, 0.2) is 0 Å². The number of carbonyl (C=O) groups is 1. The van der Waals surface area contributed by atoms with E-state index in [1.165, 1.54) is 0 Å². The monoisotopic (exact) mass is 502 g/mol. The van der Waals surface area contributed by atoms with Gasteiger partial charge in [-0.2, -0.15) is 5.10 Å². The fourth-order valence-corrected chi connectivity index (χ4v) is 4.46. The maximum absolute atomic E-state index is 13.4. The molecule has 0 fully saturated rings. The average molecular weight is 503 g/mol. The van der Waals surface area contributed by atoms with E-state index in [1.807, 2.05) is 79.7 Å². The molecule has 7 heteroatoms. The first-order valence-corrected chi connectivity index (χ1v) is 12.6. The largest absolute Gasteiger partial charge is 0.326 e. The maximum Gasteiger partial charge on any atom is 0.274 e. The van der Waals surface area contributed by atoms with Gasteiger partial charge in [0.25, 0.3) is 5.91 Å². The van der Waals surface area contributed by atoms with Crippen LogP contribution in [-0.4, -0.2) is 20.7 Å². The van der Waals surface area contributed by atoms with Crippen LogP contribution in [0.25, 0.3) is 5.69 Å². The van der Waals surface area contributed by atoms with Crippen LogP contribution in [0.3, 0.4) is 0 Å². The average Bonchev–Trinajstić information content (AvgIpc) is 3.36. The van der Waals surface area contributed by atoms with Crippen LogP contribution in [0.5, 0.6) is 0 Å². The summed E-state index contributed by atoms with van der Waals surface area (Å²) in [6.07, 6.45) is 3.59. The van der Waals surface area contributed by atoms with Gasteiger partial charge in [0.2, 0.25) is 0 Å².